The molecule has 0 saturated heterocycles. The highest BCUT2D eigenvalue weighted by Gasteiger charge is 2.18. The van der Waals surface area contributed by atoms with Crippen LogP contribution in [0.4, 0.5) is 0 Å². The molecule has 0 unspecified atom stereocenters. The van der Waals surface area contributed by atoms with Gasteiger partial charge in [-0.1, -0.05) is 11.6 Å². The summed E-state index contributed by atoms with van der Waals surface area (Å²) in [6, 6.07) is 6.86. The van der Waals surface area contributed by atoms with E-state index in [1.165, 1.54) is 18.4 Å². The zero-order valence-corrected chi connectivity index (χ0v) is 13.5. The Labute approximate surface area is 140 Å². The Kier molecular flexibility index (Phi) is 4.31. The third-order valence-corrected chi connectivity index (χ3v) is 4.23. The average Bonchev–Trinajstić information content (AvgIpc) is 3.13. The van der Waals surface area contributed by atoms with Crippen LogP contribution < -0.4 is 9.84 Å². The van der Waals surface area contributed by atoms with Gasteiger partial charge in [0.2, 0.25) is 11.8 Å². The molecule has 6 nitrogen and oxygen atoms in total. The number of aromatic nitrogens is 2. The van der Waals surface area contributed by atoms with E-state index in [1.54, 1.807) is 30.5 Å². The topological polar surface area (TPSA) is 88.3 Å². The summed E-state index contributed by atoms with van der Waals surface area (Å²) in [5.74, 6) is -0.130. The highest BCUT2D eigenvalue weighted by atomic mass is 35.5. The number of halogens is 1. The van der Waals surface area contributed by atoms with Crippen molar-refractivity contribution in [3.05, 3.63) is 40.5 Å². The van der Waals surface area contributed by atoms with Crippen LogP contribution in [-0.4, -0.2) is 23.0 Å². The van der Waals surface area contributed by atoms with Crippen molar-refractivity contribution in [2.45, 2.75) is 6.42 Å². The van der Waals surface area contributed by atoms with Gasteiger partial charge in [-0.3, -0.25) is 0 Å². The van der Waals surface area contributed by atoms with Gasteiger partial charge in [0, 0.05) is 24.7 Å². The zero-order valence-electron chi connectivity index (χ0n) is 11.9. The quantitative estimate of drug-likeness (QED) is 0.702. The Morgan fingerprint density at radius 3 is 2.78 bits per heavy atom. The Hall–Kier alpha value is -2.38. The fraction of sp³-hybridized carbons (Fsp3) is 0.133. The van der Waals surface area contributed by atoms with E-state index in [9.17, 15) is 9.90 Å². The number of carboxylic acid groups (broad SMARTS) is 1. The molecule has 0 saturated carbocycles. The lowest BCUT2D eigenvalue weighted by Gasteiger charge is -1.99. The number of aliphatic carboxylic acids is 1. The third kappa shape index (κ3) is 3.35. The van der Waals surface area contributed by atoms with E-state index in [1.807, 2.05) is 0 Å². The summed E-state index contributed by atoms with van der Waals surface area (Å²) in [4.78, 5) is 20.0. The predicted octanol–water partition coefficient (Wildman–Crippen LogP) is 2.42. The Bertz CT molecular complexity index is 842. The molecule has 3 aromatic rings. The minimum absolute atomic E-state index is 0.274. The summed E-state index contributed by atoms with van der Waals surface area (Å²) in [6.45, 7) is 0. The van der Waals surface area contributed by atoms with Crippen molar-refractivity contribution in [1.82, 2.24) is 9.97 Å². The maximum atomic E-state index is 10.9. The SMILES string of the molecule is COc1ccc(-c2nc(CC(=O)[O-])c(-c3ccc(Cl)s3)o2)cn1. The molecule has 0 atom stereocenters. The molecule has 0 bridgehead atoms. The number of hydrogen-bond acceptors (Lipinski definition) is 7. The smallest absolute Gasteiger partial charge is 0.228 e. The molecule has 0 aromatic carbocycles. The summed E-state index contributed by atoms with van der Waals surface area (Å²) >= 11 is 7.21. The highest BCUT2D eigenvalue weighted by Crippen LogP contribution is 2.36. The maximum Gasteiger partial charge on any atom is 0.228 e. The third-order valence-electron chi connectivity index (χ3n) is 3.00. The number of oxazole rings is 1. The monoisotopic (exact) mass is 349 g/mol. The minimum Gasteiger partial charge on any atom is -0.550 e. The van der Waals surface area contributed by atoms with Crippen molar-refractivity contribution < 1.29 is 19.1 Å². The number of thiophene rings is 1. The van der Waals surface area contributed by atoms with Crippen LogP contribution in [-0.2, 0) is 11.2 Å². The molecule has 0 amide bonds. The van der Waals surface area contributed by atoms with Crippen molar-refractivity contribution in [2.24, 2.45) is 0 Å². The van der Waals surface area contributed by atoms with Gasteiger partial charge >= 0.3 is 0 Å². The molecule has 0 radical (unpaired) electrons. The molecule has 0 aliphatic rings. The van der Waals surface area contributed by atoms with Crippen LogP contribution >= 0.6 is 22.9 Å². The minimum atomic E-state index is -1.23. The second kappa shape index (κ2) is 6.39. The first-order valence-electron chi connectivity index (χ1n) is 6.52. The van der Waals surface area contributed by atoms with Crippen LogP contribution in [0.15, 0.2) is 34.9 Å². The predicted molar refractivity (Wildman–Crippen MR) is 83.3 cm³/mol. The molecule has 0 spiro atoms. The number of carbonyl (C=O) groups is 1. The fourth-order valence-electron chi connectivity index (χ4n) is 1.99. The van der Waals surface area contributed by atoms with Gasteiger partial charge in [0.1, 0.15) is 0 Å². The maximum absolute atomic E-state index is 10.9. The van der Waals surface area contributed by atoms with Crippen LogP contribution in [0.25, 0.3) is 22.1 Å². The van der Waals surface area contributed by atoms with Crippen LogP contribution in [0, 0.1) is 0 Å². The summed E-state index contributed by atoms with van der Waals surface area (Å²) in [5, 5.41) is 10.9. The van der Waals surface area contributed by atoms with Crippen molar-refractivity contribution in [1.29, 1.82) is 0 Å². The molecule has 118 valence electrons. The molecule has 3 heterocycles. The van der Waals surface area contributed by atoms with Gasteiger partial charge in [-0.25, -0.2) is 9.97 Å². The van der Waals surface area contributed by atoms with Crippen molar-refractivity contribution in [3.63, 3.8) is 0 Å². The van der Waals surface area contributed by atoms with E-state index in [-0.39, 0.29) is 18.0 Å². The Balaban J connectivity index is 2.04. The van der Waals surface area contributed by atoms with E-state index >= 15 is 0 Å². The highest BCUT2D eigenvalue weighted by molar-refractivity contribution is 7.19. The van der Waals surface area contributed by atoms with Crippen molar-refractivity contribution in [3.8, 4) is 28.0 Å². The second-order valence-corrected chi connectivity index (χ2v) is 6.25. The summed E-state index contributed by atoms with van der Waals surface area (Å²) in [6.07, 6.45) is 1.19. The molecule has 23 heavy (non-hydrogen) atoms. The van der Waals surface area contributed by atoms with E-state index in [2.05, 4.69) is 9.97 Å². The van der Waals surface area contributed by atoms with Gasteiger partial charge in [0.15, 0.2) is 5.76 Å². The molecular weight excluding hydrogens is 340 g/mol. The van der Waals surface area contributed by atoms with Crippen molar-refractivity contribution in [2.75, 3.05) is 7.11 Å². The second-order valence-electron chi connectivity index (χ2n) is 4.54. The van der Waals surface area contributed by atoms with E-state index in [4.69, 9.17) is 20.8 Å². The molecule has 0 fully saturated rings. The van der Waals surface area contributed by atoms with E-state index in [0.717, 1.165) is 0 Å². The van der Waals surface area contributed by atoms with Gasteiger partial charge in [0.25, 0.3) is 0 Å². The number of nitrogens with zero attached hydrogens (tertiary/aromatic N) is 2. The average molecular weight is 350 g/mol. The largest absolute Gasteiger partial charge is 0.550 e. The van der Waals surface area contributed by atoms with Gasteiger partial charge in [-0.2, -0.15) is 0 Å². The first-order valence-corrected chi connectivity index (χ1v) is 7.72. The summed E-state index contributed by atoms with van der Waals surface area (Å²) < 4.78 is 11.3. The lowest BCUT2D eigenvalue weighted by molar-refractivity contribution is -0.304. The molecule has 0 aliphatic carbocycles. The molecule has 3 rings (SSSR count). The normalized spacial score (nSPS) is 10.7. The summed E-state index contributed by atoms with van der Waals surface area (Å²) in [7, 11) is 1.52. The van der Waals surface area contributed by atoms with Gasteiger partial charge in [0.05, 0.1) is 27.6 Å². The van der Waals surface area contributed by atoms with Gasteiger partial charge < -0.3 is 19.1 Å². The first-order chi connectivity index (χ1) is 11.1. The number of carbonyl (C=O) groups excluding carboxylic acids is 1. The Morgan fingerprint density at radius 1 is 1.39 bits per heavy atom. The lowest BCUT2D eigenvalue weighted by atomic mass is 10.2. The lowest BCUT2D eigenvalue weighted by Crippen LogP contribution is -2.24. The fourth-order valence-corrected chi connectivity index (χ4v) is 3.03. The van der Waals surface area contributed by atoms with Crippen molar-refractivity contribution >= 4 is 28.9 Å². The van der Waals surface area contributed by atoms with Gasteiger partial charge in [-0.05, 0) is 18.2 Å². The molecule has 3 aromatic heterocycles. The van der Waals surface area contributed by atoms with E-state index < -0.39 is 5.97 Å². The van der Waals surface area contributed by atoms with E-state index in [0.29, 0.717) is 26.4 Å². The van der Waals surface area contributed by atoms with Crippen LogP contribution in [0.2, 0.25) is 4.34 Å². The first kappa shape index (κ1) is 15.5. The van der Waals surface area contributed by atoms with Crippen LogP contribution in [0.5, 0.6) is 5.88 Å². The number of carboxylic acids is 1. The Morgan fingerprint density at radius 2 is 2.22 bits per heavy atom. The standard InChI is InChI=1S/C15H11ClN2O4S/c1-21-12-5-2-8(7-17-12)15-18-9(6-13(19)20)14(22-15)10-3-4-11(16)23-10/h2-5,7H,6H2,1H3,(H,19,20)/p-1. The molecule has 0 N–H and O–H groups in total. The number of rotatable bonds is 5. The number of ether oxygens (including phenoxy) is 1. The molecule has 0 aliphatic heterocycles. The molecular formula is C15H10ClN2O4S-. The van der Waals surface area contributed by atoms with Gasteiger partial charge in [-0.15, -0.1) is 11.3 Å². The summed E-state index contributed by atoms with van der Waals surface area (Å²) in [5.41, 5.74) is 0.897. The number of pyridine rings is 1. The van der Waals surface area contributed by atoms with Crippen LogP contribution in [0.3, 0.4) is 0 Å². The molecule has 8 heteroatoms. The van der Waals surface area contributed by atoms with Crippen LogP contribution in [0.1, 0.15) is 5.69 Å². The number of hydrogen-bond donors (Lipinski definition) is 0. The zero-order chi connectivity index (χ0) is 16.4. The number of methoxy groups -OCH3 is 1.